The topological polar surface area (TPSA) is 0 Å². The van der Waals surface area contributed by atoms with Gasteiger partial charge in [0, 0.05) is 0 Å². The van der Waals surface area contributed by atoms with Crippen LogP contribution in [0.15, 0.2) is 0 Å². The minimum atomic E-state index is 0.752. The SMILES string of the molecule is CCC(Br)C[Te]. The monoisotopic (exact) mass is 265 g/mol. The first-order valence-corrected chi connectivity index (χ1v) is 4.59. The summed E-state index contributed by atoms with van der Waals surface area (Å²) in [6.45, 7) is 2.19. The van der Waals surface area contributed by atoms with Gasteiger partial charge in [-0.05, 0) is 0 Å². The van der Waals surface area contributed by atoms with Gasteiger partial charge in [-0.25, -0.2) is 0 Å². The molecule has 0 aliphatic carbocycles. The molecular weight excluding hydrogens is 256 g/mol. The molecule has 0 N–H and O–H groups in total. The molecule has 0 rings (SSSR count). The summed E-state index contributed by atoms with van der Waals surface area (Å²) in [5.74, 6) is 0. The van der Waals surface area contributed by atoms with Gasteiger partial charge in [0.05, 0.1) is 0 Å². The van der Waals surface area contributed by atoms with Crippen LogP contribution in [0, 0.1) is 0 Å². The zero-order valence-electron chi connectivity index (χ0n) is 3.78. The van der Waals surface area contributed by atoms with Crippen LogP contribution >= 0.6 is 15.9 Å². The van der Waals surface area contributed by atoms with Crippen molar-refractivity contribution < 1.29 is 0 Å². The van der Waals surface area contributed by atoms with Crippen molar-refractivity contribution in [1.82, 2.24) is 0 Å². The molecule has 1 unspecified atom stereocenters. The first kappa shape index (κ1) is 7.27. The molecule has 1 radical (unpaired) electrons. The quantitative estimate of drug-likeness (QED) is 0.526. The van der Waals surface area contributed by atoms with Gasteiger partial charge in [0.15, 0.2) is 0 Å². The Morgan fingerprint density at radius 1 is 1.83 bits per heavy atom. The second-order valence-corrected chi connectivity index (χ2v) is 3.42. The predicted molar refractivity (Wildman–Crippen MR) is 33.6 cm³/mol. The van der Waals surface area contributed by atoms with Gasteiger partial charge < -0.3 is 0 Å². The number of hydrogen-bond donors (Lipinski definition) is 0. The first-order valence-electron chi connectivity index (χ1n) is 2.03. The van der Waals surface area contributed by atoms with E-state index in [9.17, 15) is 0 Å². The molecular formula is C4H8BrTe. The molecule has 0 aromatic carbocycles. The molecule has 0 nitrogen and oxygen atoms in total. The number of alkyl halides is 1. The van der Waals surface area contributed by atoms with E-state index in [4.69, 9.17) is 0 Å². The van der Waals surface area contributed by atoms with E-state index in [0.717, 1.165) is 4.83 Å². The second kappa shape index (κ2) is 4.43. The van der Waals surface area contributed by atoms with Gasteiger partial charge in [0.1, 0.15) is 0 Å². The van der Waals surface area contributed by atoms with Crippen LogP contribution < -0.4 is 0 Å². The molecule has 0 aromatic rings. The van der Waals surface area contributed by atoms with E-state index in [2.05, 4.69) is 45.1 Å². The fourth-order valence-corrected chi connectivity index (χ4v) is 0.791. The summed E-state index contributed by atoms with van der Waals surface area (Å²) in [7, 11) is 0. The Labute approximate surface area is 60.7 Å². The first-order chi connectivity index (χ1) is 2.81. The molecule has 2 heteroatoms. The molecule has 0 heterocycles. The van der Waals surface area contributed by atoms with E-state index in [1.165, 1.54) is 10.9 Å². The minimum absolute atomic E-state index is 0.752. The van der Waals surface area contributed by atoms with Gasteiger partial charge in [-0.15, -0.1) is 0 Å². The van der Waals surface area contributed by atoms with E-state index in [1.54, 1.807) is 0 Å². The Kier molecular flexibility index (Phi) is 5.37. The van der Waals surface area contributed by atoms with Crippen molar-refractivity contribution in [2.75, 3.05) is 0 Å². The van der Waals surface area contributed by atoms with Crippen LogP contribution in [0.4, 0.5) is 0 Å². The van der Waals surface area contributed by atoms with Crippen LogP contribution in [0.1, 0.15) is 13.3 Å². The number of hydrogen-bond acceptors (Lipinski definition) is 0. The van der Waals surface area contributed by atoms with Crippen molar-refractivity contribution >= 4 is 38.2 Å². The average molecular weight is 264 g/mol. The Balaban J connectivity index is 2.75. The van der Waals surface area contributed by atoms with Gasteiger partial charge in [0.2, 0.25) is 0 Å². The molecule has 0 fully saturated rings. The third-order valence-electron chi connectivity index (χ3n) is 0.624. The summed E-state index contributed by atoms with van der Waals surface area (Å²) in [6.07, 6.45) is 1.25. The van der Waals surface area contributed by atoms with Crippen molar-refractivity contribution in [1.29, 1.82) is 0 Å². The van der Waals surface area contributed by atoms with Crippen molar-refractivity contribution in [3.63, 3.8) is 0 Å². The fraction of sp³-hybridized carbons (Fsp3) is 1.00. The van der Waals surface area contributed by atoms with Crippen LogP contribution in [0.5, 0.6) is 0 Å². The van der Waals surface area contributed by atoms with Crippen LogP contribution in [0.3, 0.4) is 0 Å². The zero-order valence-corrected chi connectivity index (χ0v) is 7.69. The summed E-state index contributed by atoms with van der Waals surface area (Å²) in [5, 5.41) is 0. The van der Waals surface area contributed by atoms with E-state index < -0.39 is 0 Å². The molecule has 1 atom stereocenters. The van der Waals surface area contributed by atoms with Crippen molar-refractivity contribution in [2.45, 2.75) is 22.6 Å². The van der Waals surface area contributed by atoms with Gasteiger partial charge in [-0.2, -0.15) is 0 Å². The Hall–Kier alpha value is 1.27. The molecule has 0 amide bonds. The molecule has 6 heavy (non-hydrogen) atoms. The molecule has 0 aromatic heterocycles. The van der Waals surface area contributed by atoms with Gasteiger partial charge >= 0.3 is 60.9 Å². The second-order valence-electron chi connectivity index (χ2n) is 1.17. The summed E-state index contributed by atoms with van der Waals surface area (Å²) < 4.78 is 1.26. The van der Waals surface area contributed by atoms with E-state index in [-0.39, 0.29) is 0 Å². The Bertz CT molecular complexity index is 26.7. The van der Waals surface area contributed by atoms with Crippen LogP contribution in [-0.4, -0.2) is 27.1 Å². The van der Waals surface area contributed by atoms with Crippen molar-refractivity contribution in [3.05, 3.63) is 0 Å². The number of halogens is 1. The van der Waals surface area contributed by atoms with Crippen LogP contribution in [-0.2, 0) is 0 Å². The maximum absolute atomic E-state index is 3.48. The normalized spacial score (nSPS) is 14.5. The summed E-state index contributed by atoms with van der Waals surface area (Å²) in [5.41, 5.74) is 0. The fourth-order valence-electron chi connectivity index (χ4n) is 0.118. The van der Waals surface area contributed by atoms with E-state index >= 15 is 0 Å². The van der Waals surface area contributed by atoms with Gasteiger partial charge in [0.25, 0.3) is 0 Å². The third-order valence-corrected chi connectivity index (χ3v) is 4.08. The summed E-state index contributed by atoms with van der Waals surface area (Å²) in [6, 6.07) is 0. The zero-order chi connectivity index (χ0) is 4.99. The van der Waals surface area contributed by atoms with Crippen molar-refractivity contribution in [2.24, 2.45) is 0 Å². The molecule has 37 valence electrons. The molecule has 0 bridgehead atoms. The molecule has 0 aliphatic heterocycles. The predicted octanol–water partition coefficient (Wildman–Crippen LogP) is 1.75. The van der Waals surface area contributed by atoms with E-state index in [1.807, 2.05) is 0 Å². The maximum atomic E-state index is 3.48. The summed E-state index contributed by atoms with van der Waals surface area (Å²) in [4.78, 5) is 0.752. The third kappa shape index (κ3) is 3.46. The summed E-state index contributed by atoms with van der Waals surface area (Å²) >= 11 is 5.60. The van der Waals surface area contributed by atoms with E-state index in [0.29, 0.717) is 0 Å². The van der Waals surface area contributed by atoms with Crippen LogP contribution in [0.25, 0.3) is 0 Å². The average Bonchev–Trinajstić information content (AvgIpc) is 1.65. The van der Waals surface area contributed by atoms with Gasteiger partial charge in [-0.1, -0.05) is 0 Å². The Morgan fingerprint density at radius 3 is 2.33 bits per heavy atom. The molecule has 0 saturated heterocycles. The molecule has 0 saturated carbocycles. The molecule has 0 spiro atoms. The van der Waals surface area contributed by atoms with Gasteiger partial charge in [-0.3, -0.25) is 0 Å². The van der Waals surface area contributed by atoms with Crippen LogP contribution in [0.2, 0.25) is 4.47 Å². The standard InChI is InChI=1S/C4H8BrTe/c1-2-4(5)3-6/h4H,2-3H2,1H3. The van der Waals surface area contributed by atoms with Crippen molar-refractivity contribution in [3.8, 4) is 0 Å². The molecule has 0 aliphatic rings. The Morgan fingerprint density at radius 2 is 2.33 bits per heavy atom. The number of rotatable bonds is 2.